The zero-order valence-electron chi connectivity index (χ0n) is 12.7. The molecule has 0 aliphatic carbocycles. The molecule has 2 saturated heterocycles. The molecule has 11 heteroatoms. The van der Waals surface area contributed by atoms with Crippen LogP contribution in [-0.4, -0.2) is 115 Å². The third-order valence-corrected chi connectivity index (χ3v) is 4.20. The van der Waals surface area contributed by atoms with Crippen LogP contribution in [0.5, 0.6) is 0 Å². The third-order valence-electron chi connectivity index (χ3n) is 4.20. The Kier molecular flexibility index (Phi) is 6.87. The van der Waals surface area contributed by atoms with E-state index in [1.807, 2.05) is 0 Å². The minimum atomic E-state index is -1.71. The van der Waals surface area contributed by atoms with Crippen LogP contribution in [0.1, 0.15) is 6.42 Å². The lowest BCUT2D eigenvalue weighted by atomic mass is 9.96. The summed E-state index contributed by atoms with van der Waals surface area (Å²) in [6.07, 6.45) is -15.1. The topological polar surface area (TPSA) is 190 Å². The monoisotopic (exact) mass is 356 g/mol. The summed E-state index contributed by atoms with van der Waals surface area (Å²) in [5, 5.41) is 76.9. The Morgan fingerprint density at radius 3 is 1.54 bits per heavy atom. The van der Waals surface area contributed by atoms with Gasteiger partial charge >= 0.3 is 0 Å². The summed E-state index contributed by atoms with van der Waals surface area (Å²) in [4.78, 5) is 0. The van der Waals surface area contributed by atoms with Crippen molar-refractivity contribution in [3.05, 3.63) is 0 Å². The van der Waals surface area contributed by atoms with Gasteiger partial charge in [0.2, 0.25) is 0 Å². The predicted molar refractivity (Wildman–Crippen MR) is 73.2 cm³/mol. The molecule has 0 bridgehead atoms. The van der Waals surface area contributed by atoms with Gasteiger partial charge < -0.3 is 55.1 Å². The molecule has 2 rings (SSSR count). The lowest BCUT2D eigenvalue weighted by Crippen LogP contribution is -2.63. The quantitative estimate of drug-likeness (QED) is 0.235. The van der Waals surface area contributed by atoms with Crippen LogP contribution in [0.3, 0.4) is 0 Å². The van der Waals surface area contributed by atoms with E-state index in [0.717, 1.165) is 0 Å². The molecule has 0 aromatic rings. The van der Waals surface area contributed by atoms with E-state index in [1.165, 1.54) is 0 Å². The van der Waals surface area contributed by atoms with Crippen molar-refractivity contribution < 1.29 is 55.1 Å². The van der Waals surface area contributed by atoms with E-state index in [-0.39, 0.29) is 13.0 Å². The first kappa shape index (κ1) is 19.9. The molecule has 0 spiro atoms. The van der Waals surface area contributed by atoms with Crippen molar-refractivity contribution >= 4 is 0 Å². The number of hydrogen-bond acceptors (Lipinski definition) is 11. The van der Waals surface area contributed by atoms with Crippen LogP contribution in [0.4, 0.5) is 0 Å². The van der Waals surface area contributed by atoms with E-state index in [0.29, 0.717) is 0 Å². The van der Waals surface area contributed by atoms with Crippen molar-refractivity contribution in [2.45, 2.75) is 67.8 Å². The fourth-order valence-electron chi connectivity index (χ4n) is 2.71. The van der Waals surface area contributed by atoms with Crippen molar-refractivity contribution in [3.8, 4) is 0 Å². The minimum absolute atomic E-state index is 0.0422. The lowest BCUT2D eigenvalue weighted by molar-refractivity contribution is -0.375. The highest BCUT2D eigenvalue weighted by atomic mass is 16.8. The van der Waals surface area contributed by atoms with E-state index >= 15 is 0 Å². The average Bonchev–Trinajstić information content (AvgIpc) is 2.57. The van der Waals surface area contributed by atoms with Crippen LogP contribution in [0.25, 0.3) is 0 Å². The Balaban J connectivity index is 2.07. The molecule has 2 fully saturated rings. The maximum atomic E-state index is 9.93. The second-order valence-electron chi connectivity index (χ2n) is 5.86. The summed E-state index contributed by atoms with van der Waals surface area (Å²) in [5.41, 5.74) is 0. The summed E-state index contributed by atoms with van der Waals surface area (Å²) in [6, 6.07) is 0. The van der Waals surface area contributed by atoms with E-state index in [1.54, 1.807) is 0 Å². The molecule has 2 heterocycles. The number of hydrogen-bond donors (Lipinski definition) is 8. The minimum Gasteiger partial charge on any atom is -0.396 e. The Hall–Kier alpha value is -0.440. The lowest BCUT2D eigenvalue weighted by Gasteiger charge is -2.44. The summed E-state index contributed by atoms with van der Waals surface area (Å²) >= 11 is 0. The number of rotatable bonds is 5. The van der Waals surface area contributed by atoms with Gasteiger partial charge in [-0.3, -0.25) is 0 Å². The van der Waals surface area contributed by atoms with Gasteiger partial charge in [-0.05, 0) is 6.42 Å². The summed E-state index contributed by atoms with van der Waals surface area (Å²) < 4.78 is 15.6. The van der Waals surface area contributed by atoms with Gasteiger partial charge in [0.25, 0.3) is 0 Å². The Morgan fingerprint density at radius 1 is 0.625 bits per heavy atom. The van der Waals surface area contributed by atoms with Crippen LogP contribution < -0.4 is 0 Å². The zero-order valence-corrected chi connectivity index (χ0v) is 12.7. The molecular weight excluding hydrogens is 332 g/mol. The number of aliphatic hydroxyl groups is 8. The van der Waals surface area contributed by atoms with Crippen LogP contribution in [0.2, 0.25) is 0 Å². The average molecular weight is 356 g/mol. The molecule has 8 N–H and O–H groups in total. The molecule has 0 aromatic heterocycles. The smallest absolute Gasteiger partial charge is 0.189 e. The van der Waals surface area contributed by atoms with Crippen LogP contribution in [0, 0.1) is 0 Å². The molecule has 142 valence electrons. The van der Waals surface area contributed by atoms with Gasteiger partial charge in [0.15, 0.2) is 12.6 Å². The van der Waals surface area contributed by atoms with Gasteiger partial charge in [-0.15, -0.1) is 0 Å². The third kappa shape index (κ3) is 3.86. The zero-order chi connectivity index (χ0) is 18.0. The number of aliphatic hydroxyl groups excluding tert-OH is 8. The maximum absolute atomic E-state index is 9.93. The number of ether oxygens (including phenoxy) is 3. The molecule has 10 atom stereocenters. The molecule has 2 unspecified atom stereocenters. The van der Waals surface area contributed by atoms with E-state index in [9.17, 15) is 30.6 Å². The Bertz CT molecular complexity index is 394. The predicted octanol–water partition coefficient (Wildman–Crippen LogP) is -5.01. The second kappa shape index (κ2) is 8.29. The second-order valence-corrected chi connectivity index (χ2v) is 5.86. The molecule has 24 heavy (non-hydrogen) atoms. The van der Waals surface area contributed by atoms with Crippen molar-refractivity contribution in [2.24, 2.45) is 0 Å². The summed E-state index contributed by atoms with van der Waals surface area (Å²) in [5.74, 6) is 0. The molecule has 0 saturated carbocycles. The maximum Gasteiger partial charge on any atom is 0.189 e. The van der Waals surface area contributed by atoms with E-state index < -0.39 is 68.0 Å². The largest absolute Gasteiger partial charge is 0.396 e. The Morgan fingerprint density at radius 2 is 1.08 bits per heavy atom. The fourth-order valence-corrected chi connectivity index (χ4v) is 2.71. The van der Waals surface area contributed by atoms with Gasteiger partial charge in [0.05, 0.1) is 12.7 Å². The molecule has 0 radical (unpaired) electrons. The first-order valence-electron chi connectivity index (χ1n) is 7.58. The Labute approximate surface area is 137 Å². The van der Waals surface area contributed by atoms with Crippen LogP contribution in [0.15, 0.2) is 0 Å². The van der Waals surface area contributed by atoms with Gasteiger partial charge in [-0.2, -0.15) is 0 Å². The highest BCUT2D eigenvalue weighted by Crippen LogP contribution is 2.28. The highest BCUT2D eigenvalue weighted by Gasteiger charge is 2.49. The summed E-state index contributed by atoms with van der Waals surface area (Å²) in [7, 11) is 0. The molecule has 0 aromatic carbocycles. The van der Waals surface area contributed by atoms with Crippen molar-refractivity contribution in [1.29, 1.82) is 0 Å². The van der Waals surface area contributed by atoms with Gasteiger partial charge in [-0.1, -0.05) is 0 Å². The van der Waals surface area contributed by atoms with Gasteiger partial charge in [0, 0.05) is 6.61 Å². The van der Waals surface area contributed by atoms with Crippen molar-refractivity contribution in [3.63, 3.8) is 0 Å². The van der Waals surface area contributed by atoms with Gasteiger partial charge in [-0.25, -0.2) is 0 Å². The normalized spacial score (nSPS) is 50.0. The first-order valence-corrected chi connectivity index (χ1v) is 7.58. The van der Waals surface area contributed by atoms with Crippen LogP contribution >= 0.6 is 0 Å². The summed E-state index contributed by atoms with van der Waals surface area (Å²) in [6.45, 7) is -1.01. The molecule has 2 aliphatic rings. The molecular formula is C13H24O11. The van der Waals surface area contributed by atoms with E-state index in [4.69, 9.17) is 24.4 Å². The molecule has 2 aliphatic heterocycles. The van der Waals surface area contributed by atoms with Gasteiger partial charge in [0.1, 0.15) is 42.7 Å². The SMILES string of the molecule is OCC[C@H]1O[C@H](O[C@H]2OC(CO)[C@@H](O)C(O)[C@H]2O)[C@H](O)[C@@H](O)[C@@H]1O. The molecule has 0 amide bonds. The molecule has 11 nitrogen and oxygen atoms in total. The van der Waals surface area contributed by atoms with Crippen molar-refractivity contribution in [2.75, 3.05) is 13.2 Å². The standard InChI is InChI=1S/C13H24O11/c14-2-1-4-6(16)8(18)10(20)12(22-4)24-13-11(21)9(19)7(17)5(3-15)23-13/h4-21H,1-3H2/t4-,5?,6-,7-,8+,9?,10-,11-,12-,13-/m1/s1. The highest BCUT2D eigenvalue weighted by molar-refractivity contribution is 4.92. The van der Waals surface area contributed by atoms with Crippen molar-refractivity contribution in [1.82, 2.24) is 0 Å². The fraction of sp³-hybridized carbons (Fsp3) is 1.00. The first-order chi connectivity index (χ1) is 11.3. The van der Waals surface area contributed by atoms with E-state index in [2.05, 4.69) is 0 Å². The van der Waals surface area contributed by atoms with Crippen LogP contribution in [-0.2, 0) is 14.2 Å².